The van der Waals surface area contributed by atoms with Gasteiger partial charge < -0.3 is 15.6 Å². The summed E-state index contributed by atoms with van der Waals surface area (Å²) in [5.41, 5.74) is 10.0. The van der Waals surface area contributed by atoms with E-state index in [-0.39, 0.29) is 11.7 Å². The molecule has 0 unspecified atom stereocenters. The highest BCUT2D eigenvalue weighted by atomic mass is 32.2. The normalized spacial score (nSPS) is 15.8. The van der Waals surface area contributed by atoms with Crippen molar-refractivity contribution in [2.45, 2.75) is 52.0 Å². The van der Waals surface area contributed by atoms with Gasteiger partial charge in [0.25, 0.3) is 5.91 Å². The fourth-order valence-corrected chi connectivity index (χ4v) is 6.91. The number of rotatable bonds is 10. The molecule has 2 aromatic carbocycles. The molecule has 7 nitrogen and oxygen atoms in total. The Kier molecular flexibility index (Phi) is 8.17. The van der Waals surface area contributed by atoms with Gasteiger partial charge >= 0.3 is 0 Å². The standard InChI is InChI=1S/C28H38N4O3S/c1-4-31(20(2)3)13-8-16-36(34,35)32-14-11-22(12-15-32)26-19-30-27-24(26)17-23(18-25(27)28(29)33)21-9-6-5-7-10-21/h5-7,9-10,17-20,22,30H,4,8,11-16H2,1-3H3,(H2,29,33). The van der Waals surface area contributed by atoms with E-state index in [0.29, 0.717) is 31.1 Å². The second kappa shape index (κ2) is 11.2. The predicted molar refractivity (Wildman–Crippen MR) is 147 cm³/mol. The van der Waals surface area contributed by atoms with Crippen molar-refractivity contribution in [2.24, 2.45) is 5.73 Å². The molecule has 2 heterocycles. The first kappa shape index (κ1) is 26.4. The van der Waals surface area contributed by atoms with Crippen LogP contribution < -0.4 is 5.73 Å². The molecule has 36 heavy (non-hydrogen) atoms. The molecule has 8 heteroatoms. The largest absolute Gasteiger partial charge is 0.366 e. The Morgan fingerprint density at radius 2 is 1.83 bits per heavy atom. The molecule has 4 rings (SSSR count). The van der Waals surface area contributed by atoms with Crippen LogP contribution in [-0.2, 0) is 10.0 Å². The number of nitrogens with one attached hydrogen (secondary N) is 1. The number of aromatic nitrogens is 1. The molecular formula is C28H38N4O3S. The summed E-state index contributed by atoms with van der Waals surface area (Å²) in [5, 5.41) is 0.986. The van der Waals surface area contributed by atoms with Gasteiger partial charge in [-0.2, -0.15) is 0 Å². The zero-order valence-corrected chi connectivity index (χ0v) is 22.4. The SMILES string of the molecule is CCN(CCCS(=O)(=O)N1CCC(c2c[nH]c3c(C(N)=O)cc(-c4ccccc4)cc23)CC1)C(C)C. The number of nitrogens with zero attached hydrogens (tertiary/aromatic N) is 2. The van der Waals surface area contributed by atoms with Crippen LogP contribution in [0.15, 0.2) is 48.7 Å². The molecule has 0 bridgehead atoms. The first-order valence-corrected chi connectivity index (χ1v) is 14.5. The number of benzene rings is 2. The Balaban J connectivity index is 1.49. The van der Waals surface area contributed by atoms with Gasteiger partial charge in [-0.3, -0.25) is 4.79 Å². The van der Waals surface area contributed by atoms with Gasteiger partial charge in [0.15, 0.2) is 0 Å². The molecule has 1 fully saturated rings. The molecule has 0 saturated carbocycles. The van der Waals surface area contributed by atoms with Crippen LogP contribution in [0.25, 0.3) is 22.0 Å². The van der Waals surface area contributed by atoms with E-state index in [4.69, 9.17) is 5.73 Å². The van der Waals surface area contributed by atoms with Crippen molar-refractivity contribution in [3.8, 4) is 11.1 Å². The van der Waals surface area contributed by atoms with E-state index in [1.165, 1.54) is 0 Å². The molecule has 3 N–H and O–H groups in total. The van der Waals surface area contributed by atoms with Gasteiger partial charge in [0.05, 0.1) is 16.8 Å². The summed E-state index contributed by atoms with van der Waals surface area (Å²) in [6.45, 7) is 9.15. The molecule has 1 aliphatic rings. The van der Waals surface area contributed by atoms with Crippen molar-refractivity contribution in [2.75, 3.05) is 31.9 Å². The zero-order chi connectivity index (χ0) is 25.9. The number of aromatic amines is 1. The van der Waals surface area contributed by atoms with Crippen LogP contribution in [-0.4, -0.2) is 66.5 Å². The number of hydrogen-bond acceptors (Lipinski definition) is 4. The molecule has 1 aromatic heterocycles. The van der Waals surface area contributed by atoms with Gasteiger partial charge in [0, 0.05) is 30.7 Å². The molecule has 0 spiro atoms. The highest BCUT2D eigenvalue weighted by Crippen LogP contribution is 2.37. The van der Waals surface area contributed by atoms with E-state index < -0.39 is 15.9 Å². The number of primary amides is 1. The first-order chi connectivity index (χ1) is 17.2. The number of hydrogen-bond donors (Lipinski definition) is 2. The number of amides is 1. The quantitative estimate of drug-likeness (QED) is 0.418. The molecule has 1 aliphatic heterocycles. The number of H-pyrrole nitrogens is 1. The maximum atomic E-state index is 13.0. The van der Waals surface area contributed by atoms with Crippen molar-refractivity contribution in [3.63, 3.8) is 0 Å². The lowest BCUT2D eigenvalue weighted by molar-refractivity contribution is 0.100. The summed E-state index contributed by atoms with van der Waals surface area (Å²) >= 11 is 0. The Morgan fingerprint density at radius 1 is 1.14 bits per heavy atom. The fourth-order valence-electron chi connectivity index (χ4n) is 5.39. The molecular weight excluding hydrogens is 472 g/mol. The lowest BCUT2D eigenvalue weighted by atomic mass is 9.88. The average molecular weight is 511 g/mol. The molecule has 3 aromatic rings. The highest BCUT2D eigenvalue weighted by Gasteiger charge is 2.30. The van der Waals surface area contributed by atoms with Crippen molar-refractivity contribution in [1.82, 2.24) is 14.2 Å². The van der Waals surface area contributed by atoms with E-state index in [9.17, 15) is 13.2 Å². The van der Waals surface area contributed by atoms with E-state index in [1.54, 1.807) is 4.31 Å². The molecule has 1 amide bonds. The Hall–Kier alpha value is -2.68. The summed E-state index contributed by atoms with van der Waals surface area (Å²) in [4.78, 5) is 17.8. The van der Waals surface area contributed by atoms with E-state index in [0.717, 1.165) is 53.5 Å². The Bertz CT molecular complexity index is 1290. The Labute approximate surface area is 214 Å². The average Bonchev–Trinajstić information content (AvgIpc) is 3.30. The fraction of sp³-hybridized carbons (Fsp3) is 0.464. The third-order valence-corrected chi connectivity index (χ3v) is 9.42. The maximum Gasteiger partial charge on any atom is 0.250 e. The monoisotopic (exact) mass is 510 g/mol. The zero-order valence-electron chi connectivity index (χ0n) is 21.5. The topological polar surface area (TPSA) is 99.5 Å². The smallest absolute Gasteiger partial charge is 0.250 e. The second-order valence-corrected chi connectivity index (χ2v) is 12.1. The molecule has 0 atom stereocenters. The van der Waals surface area contributed by atoms with Gasteiger partial charge in [0.1, 0.15) is 0 Å². The van der Waals surface area contributed by atoms with E-state index in [2.05, 4.69) is 36.7 Å². The van der Waals surface area contributed by atoms with E-state index >= 15 is 0 Å². The number of nitrogens with two attached hydrogens (primary N) is 1. The lowest BCUT2D eigenvalue weighted by Gasteiger charge is -2.31. The minimum absolute atomic E-state index is 0.191. The number of carbonyl (C=O) groups excluding carboxylic acids is 1. The van der Waals surface area contributed by atoms with Crippen LogP contribution in [0.3, 0.4) is 0 Å². The molecule has 1 saturated heterocycles. The third kappa shape index (κ3) is 5.66. The summed E-state index contributed by atoms with van der Waals surface area (Å²) in [6.07, 6.45) is 4.11. The number of carbonyl (C=O) groups is 1. The van der Waals surface area contributed by atoms with Gasteiger partial charge in [-0.1, -0.05) is 37.3 Å². The van der Waals surface area contributed by atoms with Crippen molar-refractivity contribution in [1.29, 1.82) is 0 Å². The lowest BCUT2D eigenvalue weighted by Crippen LogP contribution is -2.40. The molecule has 0 aliphatic carbocycles. The van der Waals surface area contributed by atoms with Crippen LogP contribution in [0.1, 0.15) is 61.9 Å². The summed E-state index contributed by atoms with van der Waals surface area (Å²) in [7, 11) is -3.27. The van der Waals surface area contributed by atoms with Crippen LogP contribution in [0.5, 0.6) is 0 Å². The predicted octanol–water partition coefficient (Wildman–Crippen LogP) is 4.56. The molecule has 194 valence electrons. The van der Waals surface area contributed by atoms with Gasteiger partial charge in [-0.15, -0.1) is 0 Å². The summed E-state index contributed by atoms with van der Waals surface area (Å²) < 4.78 is 27.7. The van der Waals surface area contributed by atoms with Crippen LogP contribution in [0.4, 0.5) is 0 Å². The maximum absolute atomic E-state index is 13.0. The number of fused-ring (bicyclic) bond motifs is 1. The van der Waals surface area contributed by atoms with Crippen LogP contribution in [0, 0.1) is 0 Å². The van der Waals surface area contributed by atoms with Crippen LogP contribution in [0.2, 0.25) is 0 Å². The number of piperidine rings is 1. The van der Waals surface area contributed by atoms with Gasteiger partial charge in [-0.05, 0) is 80.9 Å². The first-order valence-electron chi connectivity index (χ1n) is 12.9. The second-order valence-electron chi connectivity index (χ2n) is 9.99. The van der Waals surface area contributed by atoms with Crippen LogP contribution >= 0.6 is 0 Å². The summed E-state index contributed by atoms with van der Waals surface area (Å²) in [5.74, 6) is -0.0595. The van der Waals surface area contributed by atoms with Gasteiger partial charge in [-0.25, -0.2) is 12.7 Å². The third-order valence-electron chi connectivity index (χ3n) is 7.47. The van der Waals surface area contributed by atoms with E-state index in [1.807, 2.05) is 42.6 Å². The van der Waals surface area contributed by atoms with Gasteiger partial charge in [0.2, 0.25) is 10.0 Å². The minimum atomic E-state index is -3.27. The Morgan fingerprint density at radius 3 is 2.44 bits per heavy atom. The molecule has 0 radical (unpaired) electrons. The highest BCUT2D eigenvalue weighted by molar-refractivity contribution is 7.89. The van der Waals surface area contributed by atoms with Crippen molar-refractivity contribution >= 4 is 26.8 Å². The summed E-state index contributed by atoms with van der Waals surface area (Å²) in [6, 6.07) is 14.3. The van der Waals surface area contributed by atoms with Crippen molar-refractivity contribution in [3.05, 3.63) is 59.8 Å². The number of sulfonamides is 1. The minimum Gasteiger partial charge on any atom is -0.366 e. The van der Waals surface area contributed by atoms with Crippen molar-refractivity contribution < 1.29 is 13.2 Å².